The Labute approximate surface area is 227 Å². The number of benzene rings is 3. The molecule has 1 aromatic heterocycles. The maximum atomic E-state index is 13.7. The summed E-state index contributed by atoms with van der Waals surface area (Å²) in [7, 11) is 2.73. The molecule has 218 valence electrons. The van der Waals surface area contributed by atoms with Gasteiger partial charge in [-0.25, -0.2) is 0 Å². The number of alkyl halides is 9. The molecular weight excluding hydrogens is 569 g/mol. The molecule has 0 amide bonds. The van der Waals surface area contributed by atoms with Crippen LogP contribution in [0, 0.1) is 0 Å². The molecule has 0 bridgehead atoms. The Morgan fingerprint density at radius 1 is 0.732 bits per heavy atom. The highest BCUT2D eigenvalue weighted by molar-refractivity contribution is 5.74. The van der Waals surface area contributed by atoms with E-state index in [1.807, 2.05) is 0 Å². The molecule has 0 atom stereocenters. The van der Waals surface area contributed by atoms with Crippen molar-refractivity contribution in [2.45, 2.75) is 31.6 Å². The first-order valence-electron chi connectivity index (χ1n) is 11.7. The van der Waals surface area contributed by atoms with Gasteiger partial charge in [-0.3, -0.25) is 0 Å². The zero-order valence-electron chi connectivity index (χ0n) is 21.2. The molecule has 0 N–H and O–H groups in total. The number of aromatic nitrogens is 4. The van der Waals surface area contributed by atoms with E-state index in [1.54, 1.807) is 24.3 Å². The molecule has 0 radical (unpaired) electrons. The van der Waals surface area contributed by atoms with Gasteiger partial charge in [0, 0.05) is 18.7 Å². The lowest BCUT2D eigenvalue weighted by atomic mass is 9.96. The van der Waals surface area contributed by atoms with Crippen molar-refractivity contribution in [1.29, 1.82) is 0 Å². The molecule has 0 aliphatic rings. The summed E-state index contributed by atoms with van der Waals surface area (Å²) in [6, 6.07) is 10.4. The molecule has 0 aliphatic heterocycles. The molecule has 4 rings (SSSR count). The second-order valence-corrected chi connectivity index (χ2v) is 8.92. The quantitative estimate of drug-likeness (QED) is 0.215. The Hall–Kier alpha value is -4.30. The van der Waals surface area contributed by atoms with Gasteiger partial charge in [-0.2, -0.15) is 44.3 Å². The van der Waals surface area contributed by atoms with Crippen LogP contribution in [-0.4, -0.2) is 27.3 Å². The summed E-state index contributed by atoms with van der Waals surface area (Å²) in [5.74, 6) is 0.0900. The van der Waals surface area contributed by atoms with Crippen molar-refractivity contribution in [1.82, 2.24) is 20.2 Å². The number of hydrogen-bond donors (Lipinski definition) is 0. The average Bonchev–Trinajstić information content (AvgIpc) is 3.32. The van der Waals surface area contributed by atoms with Crippen LogP contribution in [0.1, 0.15) is 27.8 Å². The van der Waals surface area contributed by atoms with Gasteiger partial charge < -0.3 is 9.64 Å². The van der Waals surface area contributed by atoms with E-state index < -0.39 is 53.9 Å². The highest BCUT2D eigenvalue weighted by atomic mass is 19.4. The number of hydrogen-bond acceptors (Lipinski definition) is 5. The maximum Gasteiger partial charge on any atom is 0.416 e. The first kappa shape index (κ1) is 29.7. The fourth-order valence-corrected chi connectivity index (χ4v) is 4.17. The van der Waals surface area contributed by atoms with Crippen LogP contribution in [0.4, 0.5) is 45.5 Å². The van der Waals surface area contributed by atoms with Crippen LogP contribution >= 0.6 is 0 Å². The number of rotatable bonds is 7. The smallest absolute Gasteiger partial charge is 0.416 e. The van der Waals surface area contributed by atoms with Crippen molar-refractivity contribution >= 4 is 5.95 Å². The van der Waals surface area contributed by atoms with Crippen LogP contribution in [0.25, 0.3) is 11.1 Å². The monoisotopic (exact) mass is 589 g/mol. The van der Waals surface area contributed by atoms with Crippen molar-refractivity contribution < 1.29 is 44.3 Å². The van der Waals surface area contributed by atoms with Crippen molar-refractivity contribution in [3.63, 3.8) is 0 Å². The molecule has 3 aromatic carbocycles. The number of tetrazole rings is 1. The number of halogens is 9. The third kappa shape index (κ3) is 6.89. The van der Waals surface area contributed by atoms with Gasteiger partial charge in [-0.05, 0) is 58.3 Å². The van der Waals surface area contributed by atoms with E-state index in [0.29, 0.717) is 23.4 Å². The zero-order valence-corrected chi connectivity index (χ0v) is 21.2. The summed E-state index contributed by atoms with van der Waals surface area (Å²) in [6.45, 7) is -1.07. The van der Waals surface area contributed by atoms with Crippen molar-refractivity contribution in [3.05, 3.63) is 88.5 Å². The van der Waals surface area contributed by atoms with Crippen LogP contribution < -0.4 is 9.64 Å². The maximum absolute atomic E-state index is 13.7. The molecule has 0 saturated heterocycles. The Kier molecular flexibility index (Phi) is 7.91. The van der Waals surface area contributed by atoms with Crippen molar-refractivity contribution in [3.8, 4) is 16.9 Å². The third-order valence-electron chi connectivity index (χ3n) is 5.99. The zero-order chi connectivity index (χ0) is 30.2. The van der Waals surface area contributed by atoms with Gasteiger partial charge in [-0.15, -0.1) is 5.10 Å². The first-order chi connectivity index (χ1) is 19.1. The molecule has 4 aromatic rings. The fraction of sp³-hybridized carbons (Fsp3) is 0.269. The molecule has 0 saturated carbocycles. The number of anilines is 1. The standard InChI is InChI=1S/C26H20F9N5O/c1-39-37-23(36-38-39)40(13-15-9-18(25(30,31)32)12-19(10-15)26(33,34)35)14-16-11-17(24(27,28)29)7-8-20(16)21-5-3-4-6-22(21)41-2/h3-12H,13-14H2,1-2H3. The van der Waals surface area contributed by atoms with Gasteiger partial charge in [0.05, 0.1) is 30.8 Å². The molecule has 0 aliphatic carbocycles. The molecular formula is C26H20F9N5O. The summed E-state index contributed by atoms with van der Waals surface area (Å²) >= 11 is 0. The largest absolute Gasteiger partial charge is 0.496 e. The Bertz CT molecular complexity index is 1490. The highest BCUT2D eigenvalue weighted by Crippen LogP contribution is 2.39. The van der Waals surface area contributed by atoms with Crippen LogP contribution in [0.2, 0.25) is 0 Å². The topological polar surface area (TPSA) is 56.1 Å². The molecule has 0 fully saturated rings. The van der Waals surface area contributed by atoms with E-state index in [9.17, 15) is 39.5 Å². The molecule has 0 spiro atoms. The summed E-state index contributed by atoms with van der Waals surface area (Å²) in [4.78, 5) is 2.12. The fourth-order valence-electron chi connectivity index (χ4n) is 4.17. The van der Waals surface area contributed by atoms with Gasteiger partial charge >= 0.3 is 18.5 Å². The lowest BCUT2D eigenvalue weighted by Gasteiger charge is -2.24. The summed E-state index contributed by atoms with van der Waals surface area (Å²) in [6.07, 6.45) is -14.9. The SMILES string of the molecule is COc1ccccc1-c1ccc(C(F)(F)F)cc1CN(Cc1cc(C(F)(F)F)cc(C(F)(F)F)c1)c1nnn(C)n1. The number of nitrogens with zero attached hydrogens (tertiary/aromatic N) is 5. The van der Waals surface area contributed by atoms with Crippen LogP contribution in [-0.2, 0) is 38.7 Å². The number of methoxy groups -OCH3 is 1. The normalized spacial score (nSPS) is 12.5. The first-order valence-corrected chi connectivity index (χ1v) is 11.7. The molecule has 15 heteroatoms. The van der Waals surface area contributed by atoms with E-state index in [4.69, 9.17) is 4.74 Å². The number of para-hydroxylation sites is 1. The molecule has 0 unspecified atom stereocenters. The van der Waals surface area contributed by atoms with E-state index in [1.165, 1.54) is 20.2 Å². The second kappa shape index (κ2) is 10.9. The average molecular weight is 589 g/mol. The number of ether oxygens (including phenoxy) is 1. The predicted octanol–water partition coefficient (Wildman–Crippen LogP) is 7.15. The lowest BCUT2D eigenvalue weighted by Crippen LogP contribution is -2.25. The van der Waals surface area contributed by atoms with Gasteiger partial charge in [0.1, 0.15) is 5.75 Å². The lowest BCUT2D eigenvalue weighted by molar-refractivity contribution is -0.143. The van der Waals surface area contributed by atoms with E-state index in [0.717, 1.165) is 21.8 Å². The van der Waals surface area contributed by atoms with Crippen LogP contribution in [0.5, 0.6) is 5.75 Å². The Balaban J connectivity index is 1.86. The summed E-state index contributed by atoms with van der Waals surface area (Å²) in [5, 5.41) is 11.4. The predicted molar refractivity (Wildman–Crippen MR) is 129 cm³/mol. The Morgan fingerprint density at radius 2 is 1.34 bits per heavy atom. The minimum Gasteiger partial charge on any atom is -0.496 e. The summed E-state index contributed by atoms with van der Waals surface area (Å²) in [5.41, 5.74) is -3.80. The van der Waals surface area contributed by atoms with Gasteiger partial charge in [0.25, 0.3) is 5.95 Å². The number of aryl methyl sites for hydroxylation is 1. The molecule has 6 nitrogen and oxygen atoms in total. The van der Waals surface area contributed by atoms with Crippen LogP contribution in [0.15, 0.2) is 60.7 Å². The second-order valence-electron chi connectivity index (χ2n) is 8.92. The van der Waals surface area contributed by atoms with Gasteiger partial charge in [-0.1, -0.05) is 29.4 Å². The summed E-state index contributed by atoms with van der Waals surface area (Å²) < 4.78 is 127. The molecule has 41 heavy (non-hydrogen) atoms. The third-order valence-corrected chi connectivity index (χ3v) is 5.99. The van der Waals surface area contributed by atoms with Crippen LogP contribution in [0.3, 0.4) is 0 Å². The van der Waals surface area contributed by atoms with E-state index >= 15 is 0 Å². The van der Waals surface area contributed by atoms with Gasteiger partial charge in [0.2, 0.25) is 0 Å². The van der Waals surface area contributed by atoms with E-state index in [-0.39, 0.29) is 23.1 Å². The highest BCUT2D eigenvalue weighted by Gasteiger charge is 2.37. The van der Waals surface area contributed by atoms with Gasteiger partial charge in [0.15, 0.2) is 0 Å². The molecule has 1 heterocycles. The van der Waals surface area contributed by atoms with E-state index in [2.05, 4.69) is 15.4 Å². The minimum atomic E-state index is -5.09. The minimum absolute atomic E-state index is 0.0129. The van der Waals surface area contributed by atoms with Crippen molar-refractivity contribution in [2.75, 3.05) is 12.0 Å². The Morgan fingerprint density at radius 3 is 1.88 bits per heavy atom. The van der Waals surface area contributed by atoms with Crippen molar-refractivity contribution in [2.24, 2.45) is 7.05 Å².